The Balaban J connectivity index is 1.79. The number of nitrogens with one attached hydrogen (secondary N) is 1. The molecule has 0 bridgehead atoms. The first kappa shape index (κ1) is 25.8. The standard InChI is InChI=1S/C28H25F3N2O4/c1-15(2)14-33-27(35)18-6-10-22(37-28(30)31)20(13-18)17-5-9-23-21(12-17)25(26(32)34)24(36-23)11-16-3-7-19(29)8-4-16/h3-10,12-13,15,28H,11,14H2,1-2H3,(H2,32,34)(H,33,35). The van der Waals surface area contributed by atoms with Crippen LogP contribution in [0.25, 0.3) is 22.1 Å². The van der Waals surface area contributed by atoms with Gasteiger partial charge in [0, 0.05) is 29.5 Å². The average molecular weight is 511 g/mol. The van der Waals surface area contributed by atoms with E-state index < -0.39 is 18.3 Å². The minimum atomic E-state index is -3.08. The number of carbonyl (C=O) groups excluding carboxylic acids is 2. The number of fused-ring (bicyclic) bond motifs is 1. The molecular formula is C28H25F3N2O4. The van der Waals surface area contributed by atoms with Gasteiger partial charge in [-0.1, -0.05) is 32.0 Å². The SMILES string of the molecule is CC(C)CNC(=O)c1ccc(OC(F)F)c(-c2ccc3oc(Cc4ccc(F)cc4)c(C(N)=O)c3c2)c1. The van der Waals surface area contributed by atoms with Gasteiger partial charge in [-0.15, -0.1) is 0 Å². The fourth-order valence-electron chi connectivity index (χ4n) is 3.99. The van der Waals surface area contributed by atoms with E-state index in [2.05, 4.69) is 5.32 Å². The van der Waals surface area contributed by atoms with Gasteiger partial charge in [-0.2, -0.15) is 8.78 Å². The summed E-state index contributed by atoms with van der Waals surface area (Å²) in [5.41, 5.74) is 7.77. The van der Waals surface area contributed by atoms with E-state index in [1.54, 1.807) is 30.3 Å². The molecule has 0 aliphatic heterocycles. The second-order valence-electron chi connectivity index (χ2n) is 8.97. The number of nitrogens with two attached hydrogens (primary N) is 1. The Morgan fingerprint density at radius 1 is 1.03 bits per heavy atom. The van der Waals surface area contributed by atoms with Gasteiger partial charge in [-0.05, 0) is 59.5 Å². The van der Waals surface area contributed by atoms with Crippen LogP contribution in [0, 0.1) is 11.7 Å². The molecule has 0 unspecified atom stereocenters. The van der Waals surface area contributed by atoms with Crippen molar-refractivity contribution in [3.8, 4) is 16.9 Å². The molecule has 1 aromatic heterocycles. The number of furan rings is 1. The molecule has 4 rings (SSSR count). The highest BCUT2D eigenvalue weighted by Crippen LogP contribution is 2.36. The van der Waals surface area contributed by atoms with Crippen LogP contribution < -0.4 is 15.8 Å². The quantitative estimate of drug-likeness (QED) is 0.292. The Labute approximate surface area is 211 Å². The first-order valence-corrected chi connectivity index (χ1v) is 11.6. The molecule has 0 radical (unpaired) electrons. The van der Waals surface area contributed by atoms with E-state index in [1.165, 1.54) is 30.3 Å². The van der Waals surface area contributed by atoms with Gasteiger partial charge in [0.1, 0.15) is 22.9 Å². The third-order valence-electron chi connectivity index (χ3n) is 5.72. The molecule has 3 N–H and O–H groups in total. The van der Waals surface area contributed by atoms with Crippen LogP contribution in [-0.2, 0) is 6.42 Å². The molecule has 0 aliphatic rings. The number of alkyl halides is 2. The van der Waals surface area contributed by atoms with Crippen molar-refractivity contribution >= 4 is 22.8 Å². The zero-order valence-corrected chi connectivity index (χ0v) is 20.2. The number of hydrogen-bond acceptors (Lipinski definition) is 4. The van der Waals surface area contributed by atoms with Crippen LogP contribution in [0.1, 0.15) is 45.9 Å². The normalized spacial score (nSPS) is 11.3. The number of hydrogen-bond donors (Lipinski definition) is 2. The molecule has 192 valence electrons. The van der Waals surface area contributed by atoms with Gasteiger partial charge in [0.05, 0.1) is 5.56 Å². The molecule has 0 spiro atoms. The van der Waals surface area contributed by atoms with Crippen molar-refractivity contribution < 1.29 is 31.9 Å². The largest absolute Gasteiger partial charge is 0.460 e. The van der Waals surface area contributed by atoms with Crippen LogP contribution in [0.3, 0.4) is 0 Å². The number of amides is 2. The summed E-state index contributed by atoms with van der Waals surface area (Å²) < 4.78 is 50.2. The third kappa shape index (κ3) is 5.94. The molecule has 9 heteroatoms. The minimum Gasteiger partial charge on any atom is -0.460 e. The summed E-state index contributed by atoms with van der Waals surface area (Å²) in [5.74, 6) is -1.11. The van der Waals surface area contributed by atoms with Crippen LogP contribution in [-0.4, -0.2) is 25.0 Å². The first-order valence-electron chi connectivity index (χ1n) is 11.6. The molecule has 1 heterocycles. The van der Waals surface area contributed by atoms with Gasteiger partial charge in [0.25, 0.3) is 11.8 Å². The second-order valence-corrected chi connectivity index (χ2v) is 8.97. The zero-order valence-electron chi connectivity index (χ0n) is 20.2. The molecule has 3 aromatic carbocycles. The van der Waals surface area contributed by atoms with Crippen LogP contribution in [0.2, 0.25) is 0 Å². The van der Waals surface area contributed by atoms with E-state index in [-0.39, 0.29) is 46.4 Å². The van der Waals surface area contributed by atoms with Crippen molar-refractivity contribution in [3.63, 3.8) is 0 Å². The smallest absolute Gasteiger partial charge is 0.387 e. The van der Waals surface area contributed by atoms with Gasteiger partial charge in [-0.3, -0.25) is 9.59 Å². The maximum atomic E-state index is 13.3. The number of carbonyl (C=O) groups is 2. The van der Waals surface area contributed by atoms with Gasteiger partial charge in [0.2, 0.25) is 0 Å². The van der Waals surface area contributed by atoms with Crippen molar-refractivity contribution in [2.24, 2.45) is 11.7 Å². The van der Waals surface area contributed by atoms with Gasteiger partial charge in [-0.25, -0.2) is 4.39 Å². The lowest BCUT2D eigenvalue weighted by Gasteiger charge is -2.14. The van der Waals surface area contributed by atoms with E-state index in [4.69, 9.17) is 14.9 Å². The molecule has 37 heavy (non-hydrogen) atoms. The molecule has 0 saturated heterocycles. The van der Waals surface area contributed by atoms with E-state index in [0.29, 0.717) is 28.6 Å². The first-order chi connectivity index (χ1) is 17.6. The summed E-state index contributed by atoms with van der Waals surface area (Å²) in [4.78, 5) is 25.0. The van der Waals surface area contributed by atoms with Gasteiger partial charge in [0.15, 0.2) is 0 Å². The van der Waals surface area contributed by atoms with Crippen molar-refractivity contribution in [1.29, 1.82) is 0 Å². The molecule has 0 fully saturated rings. The number of primary amides is 1. The molecule has 0 atom stereocenters. The summed E-state index contributed by atoms with van der Waals surface area (Å²) in [6.07, 6.45) is 0.188. The van der Waals surface area contributed by atoms with E-state index in [1.807, 2.05) is 13.8 Å². The van der Waals surface area contributed by atoms with E-state index in [9.17, 15) is 22.8 Å². The number of halogens is 3. The second kappa shape index (κ2) is 10.8. The van der Waals surface area contributed by atoms with E-state index in [0.717, 1.165) is 0 Å². The fourth-order valence-corrected chi connectivity index (χ4v) is 3.99. The number of ether oxygens (including phenoxy) is 1. The average Bonchev–Trinajstić information content (AvgIpc) is 3.21. The molecule has 0 aliphatic carbocycles. The molecule has 6 nitrogen and oxygen atoms in total. The van der Waals surface area contributed by atoms with Crippen molar-refractivity contribution in [3.05, 3.63) is 88.9 Å². The molecular weight excluding hydrogens is 485 g/mol. The summed E-state index contributed by atoms with van der Waals surface area (Å²) in [6.45, 7) is 1.27. The maximum absolute atomic E-state index is 13.3. The Morgan fingerprint density at radius 2 is 1.76 bits per heavy atom. The Morgan fingerprint density at radius 3 is 2.41 bits per heavy atom. The minimum absolute atomic E-state index is 0.128. The van der Waals surface area contributed by atoms with Crippen LogP contribution in [0.4, 0.5) is 13.2 Å². The lowest BCUT2D eigenvalue weighted by Crippen LogP contribution is -2.27. The Bertz CT molecular complexity index is 1450. The maximum Gasteiger partial charge on any atom is 0.387 e. The van der Waals surface area contributed by atoms with Crippen LogP contribution >= 0.6 is 0 Å². The number of benzene rings is 3. The topological polar surface area (TPSA) is 94.6 Å². The summed E-state index contributed by atoms with van der Waals surface area (Å²) in [5, 5.41) is 3.17. The predicted molar refractivity (Wildman–Crippen MR) is 133 cm³/mol. The summed E-state index contributed by atoms with van der Waals surface area (Å²) in [6, 6.07) is 14.7. The highest BCUT2D eigenvalue weighted by atomic mass is 19.3. The summed E-state index contributed by atoms with van der Waals surface area (Å²) in [7, 11) is 0. The molecule has 0 saturated carbocycles. The Hall–Kier alpha value is -4.27. The van der Waals surface area contributed by atoms with Crippen molar-refractivity contribution in [2.75, 3.05) is 6.54 Å². The number of rotatable bonds is 9. The van der Waals surface area contributed by atoms with E-state index >= 15 is 0 Å². The lowest BCUT2D eigenvalue weighted by molar-refractivity contribution is -0.0494. The van der Waals surface area contributed by atoms with Gasteiger partial charge >= 0.3 is 6.61 Å². The summed E-state index contributed by atoms with van der Waals surface area (Å²) >= 11 is 0. The van der Waals surface area contributed by atoms with Crippen LogP contribution in [0.5, 0.6) is 5.75 Å². The highest BCUT2D eigenvalue weighted by molar-refractivity contribution is 6.07. The highest BCUT2D eigenvalue weighted by Gasteiger charge is 2.21. The Kier molecular flexibility index (Phi) is 7.52. The third-order valence-corrected chi connectivity index (χ3v) is 5.72. The van der Waals surface area contributed by atoms with Gasteiger partial charge < -0.3 is 20.2 Å². The zero-order chi connectivity index (χ0) is 26.7. The van der Waals surface area contributed by atoms with Crippen LogP contribution in [0.15, 0.2) is 65.1 Å². The molecule has 2 amide bonds. The van der Waals surface area contributed by atoms with Crippen molar-refractivity contribution in [2.45, 2.75) is 26.9 Å². The lowest BCUT2D eigenvalue weighted by atomic mass is 9.98. The predicted octanol–water partition coefficient (Wildman–Crippen LogP) is 5.92. The monoisotopic (exact) mass is 510 g/mol. The fraction of sp³-hybridized carbons (Fsp3) is 0.214. The van der Waals surface area contributed by atoms with Crippen molar-refractivity contribution in [1.82, 2.24) is 5.32 Å². The molecule has 4 aromatic rings.